The predicted octanol–water partition coefficient (Wildman–Crippen LogP) is 2.36. The highest BCUT2D eigenvalue weighted by Gasteiger charge is 2.21. The minimum atomic E-state index is -0.254. The second-order valence-corrected chi connectivity index (χ2v) is 6.14. The summed E-state index contributed by atoms with van der Waals surface area (Å²) in [5.41, 5.74) is 0.825. The largest absolute Gasteiger partial charge is 0.486 e. The van der Waals surface area contributed by atoms with E-state index in [0.29, 0.717) is 24.8 Å². The molecule has 2 heterocycles. The third-order valence-corrected chi connectivity index (χ3v) is 3.74. The molecule has 3 rings (SSSR count). The first-order valence-electron chi connectivity index (χ1n) is 8.09. The Balaban J connectivity index is 2.04. The number of hydrogen-bond donors (Lipinski definition) is 1. The Morgan fingerprint density at radius 1 is 1.21 bits per heavy atom. The zero-order chi connectivity index (χ0) is 17.3. The van der Waals surface area contributed by atoms with Gasteiger partial charge in [0.2, 0.25) is 5.91 Å². The fourth-order valence-corrected chi connectivity index (χ4v) is 2.59. The van der Waals surface area contributed by atoms with Gasteiger partial charge in [0.15, 0.2) is 23.1 Å². The lowest BCUT2D eigenvalue weighted by molar-refractivity contribution is -0.119. The van der Waals surface area contributed by atoms with Crippen LogP contribution in [-0.2, 0) is 4.79 Å². The monoisotopic (exact) mass is 330 g/mol. The van der Waals surface area contributed by atoms with E-state index < -0.39 is 0 Å². The van der Waals surface area contributed by atoms with Crippen molar-refractivity contribution in [3.63, 3.8) is 0 Å². The van der Waals surface area contributed by atoms with Gasteiger partial charge in [0, 0.05) is 18.9 Å². The van der Waals surface area contributed by atoms with Gasteiger partial charge in [0.05, 0.1) is 11.7 Å². The number of hydrogen-bond acceptors (Lipinski definition) is 5. The normalized spacial score (nSPS) is 14.5. The Morgan fingerprint density at radius 3 is 2.58 bits per heavy atom. The fraction of sp³-hybridized carbons (Fsp3) is 0.471. The lowest BCUT2D eigenvalue weighted by Crippen LogP contribution is -2.26. The van der Waals surface area contributed by atoms with E-state index in [0.717, 1.165) is 17.3 Å². The summed E-state index contributed by atoms with van der Waals surface area (Å²) < 4.78 is 13.0. The van der Waals surface area contributed by atoms with Gasteiger partial charge in [0.1, 0.15) is 13.2 Å². The molecule has 1 N–H and O–H groups in total. The van der Waals surface area contributed by atoms with Crippen molar-refractivity contribution >= 4 is 5.91 Å². The van der Waals surface area contributed by atoms with Crippen LogP contribution >= 0.6 is 0 Å². The quantitative estimate of drug-likeness (QED) is 0.931. The van der Waals surface area contributed by atoms with E-state index in [9.17, 15) is 4.79 Å². The summed E-state index contributed by atoms with van der Waals surface area (Å²) in [6.45, 7) is 8.54. The molecule has 7 nitrogen and oxygen atoms in total. The molecule has 0 unspecified atom stereocenters. The Bertz CT molecular complexity index is 754. The number of ether oxygens (including phenoxy) is 2. The molecule has 1 amide bonds. The van der Waals surface area contributed by atoms with E-state index in [4.69, 9.17) is 9.47 Å². The van der Waals surface area contributed by atoms with Crippen molar-refractivity contribution in [3.8, 4) is 17.2 Å². The fourth-order valence-electron chi connectivity index (χ4n) is 2.59. The Labute approximate surface area is 141 Å². The summed E-state index contributed by atoms with van der Waals surface area (Å²) in [6.07, 6.45) is 0. The van der Waals surface area contributed by atoms with Gasteiger partial charge in [-0.2, -0.15) is 5.10 Å². The van der Waals surface area contributed by atoms with E-state index >= 15 is 0 Å². The molecule has 1 aromatic carbocycles. The highest BCUT2D eigenvalue weighted by atomic mass is 16.6. The van der Waals surface area contributed by atoms with Crippen LogP contribution in [0.4, 0.5) is 0 Å². The Morgan fingerprint density at radius 2 is 1.92 bits per heavy atom. The van der Waals surface area contributed by atoms with Gasteiger partial charge in [-0.15, -0.1) is 0 Å². The van der Waals surface area contributed by atoms with Crippen LogP contribution in [0.25, 0.3) is 5.69 Å². The molecule has 7 heteroatoms. The van der Waals surface area contributed by atoms with Crippen LogP contribution in [0.5, 0.6) is 11.5 Å². The maximum Gasteiger partial charge on any atom is 0.217 e. The Kier molecular flexibility index (Phi) is 4.42. The van der Waals surface area contributed by atoms with E-state index in [1.807, 2.05) is 39.0 Å². The topological polar surface area (TPSA) is 78.3 Å². The maximum absolute atomic E-state index is 11.4. The molecule has 0 saturated heterocycles. The van der Waals surface area contributed by atoms with Crippen molar-refractivity contribution in [1.29, 1.82) is 0 Å². The lowest BCUT2D eigenvalue weighted by Gasteiger charge is -2.19. The number of amides is 1. The van der Waals surface area contributed by atoms with Crippen molar-refractivity contribution in [2.45, 2.75) is 39.7 Å². The molecule has 0 saturated carbocycles. The Hall–Kier alpha value is -2.57. The van der Waals surface area contributed by atoms with Crippen LogP contribution in [0.1, 0.15) is 51.3 Å². The van der Waals surface area contributed by atoms with Crippen LogP contribution in [0.2, 0.25) is 0 Å². The first-order chi connectivity index (χ1) is 11.5. The van der Waals surface area contributed by atoms with E-state index in [2.05, 4.69) is 15.4 Å². The van der Waals surface area contributed by atoms with Crippen LogP contribution in [0, 0.1) is 0 Å². The number of nitrogens with zero attached hydrogens (tertiary/aromatic N) is 3. The molecule has 0 radical (unpaired) electrons. The number of rotatable bonds is 4. The molecule has 24 heavy (non-hydrogen) atoms. The SMILES string of the molecule is CC(=O)N[C@@H](C)c1nc(C(C)C)nn1-c1ccc2c(c1)OCCO2. The van der Waals surface area contributed by atoms with Crippen molar-refractivity contribution in [2.75, 3.05) is 13.2 Å². The molecule has 2 aromatic rings. The van der Waals surface area contributed by atoms with Crippen molar-refractivity contribution in [3.05, 3.63) is 29.8 Å². The highest BCUT2D eigenvalue weighted by Crippen LogP contribution is 2.32. The first-order valence-corrected chi connectivity index (χ1v) is 8.09. The lowest BCUT2D eigenvalue weighted by atomic mass is 10.2. The third kappa shape index (κ3) is 3.20. The summed E-state index contributed by atoms with van der Waals surface area (Å²) in [5.74, 6) is 2.92. The number of carbonyl (C=O) groups is 1. The summed E-state index contributed by atoms with van der Waals surface area (Å²) in [5, 5.41) is 7.48. The van der Waals surface area contributed by atoms with E-state index in [-0.39, 0.29) is 17.9 Å². The van der Waals surface area contributed by atoms with Crippen LogP contribution in [0.3, 0.4) is 0 Å². The number of benzene rings is 1. The minimum Gasteiger partial charge on any atom is -0.486 e. The molecule has 0 spiro atoms. The number of fused-ring (bicyclic) bond motifs is 1. The summed E-state index contributed by atoms with van der Waals surface area (Å²) in [7, 11) is 0. The summed E-state index contributed by atoms with van der Waals surface area (Å²) >= 11 is 0. The average molecular weight is 330 g/mol. The average Bonchev–Trinajstić information content (AvgIpc) is 2.99. The smallest absolute Gasteiger partial charge is 0.217 e. The number of aromatic nitrogens is 3. The molecule has 1 aliphatic heterocycles. The zero-order valence-corrected chi connectivity index (χ0v) is 14.4. The predicted molar refractivity (Wildman–Crippen MR) is 88.7 cm³/mol. The molecule has 0 fully saturated rings. The van der Waals surface area contributed by atoms with Crippen LogP contribution in [-0.4, -0.2) is 33.9 Å². The maximum atomic E-state index is 11.4. The zero-order valence-electron chi connectivity index (χ0n) is 14.4. The molecule has 1 atom stereocenters. The number of carbonyl (C=O) groups excluding carboxylic acids is 1. The van der Waals surface area contributed by atoms with Gasteiger partial charge in [0.25, 0.3) is 0 Å². The van der Waals surface area contributed by atoms with Gasteiger partial charge in [-0.25, -0.2) is 9.67 Å². The molecular weight excluding hydrogens is 308 g/mol. The highest BCUT2D eigenvalue weighted by molar-refractivity contribution is 5.73. The third-order valence-electron chi connectivity index (χ3n) is 3.74. The van der Waals surface area contributed by atoms with Crippen molar-refractivity contribution < 1.29 is 14.3 Å². The first kappa shape index (κ1) is 16.3. The summed E-state index contributed by atoms with van der Waals surface area (Å²) in [4.78, 5) is 16.0. The van der Waals surface area contributed by atoms with Gasteiger partial charge < -0.3 is 14.8 Å². The molecule has 0 bridgehead atoms. The van der Waals surface area contributed by atoms with Gasteiger partial charge in [-0.1, -0.05) is 13.8 Å². The van der Waals surface area contributed by atoms with Gasteiger partial charge in [-0.05, 0) is 19.1 Å². The molecule has 1 aromatic heterocycles. The summed E-state index contributed by atoms with van der Waals surface area (Å²) in [6, 6.07) is 5.41. The number of nitrogens with one attached hydrogen (secondary N) is 1. The molecular formula is C17H22N4O3. The second-order valence-electron chi connectivity index (χ2n) is 6.14. The van der Waals surface area contributed by atoms with E-state index in [1.165, 1.54) is 6.92 Å². The van der Waals surface area contributed by atoms with Gasteiger partial charge in [-0.3, -0.25) is 4.79 Å². The van der Waals surface area contributed by atoms with Gasteiger partial charge >= 0.3 is 0 Å². The van der Waals surface area contributed by atoms with Crippen LogP contribution in [0.15, 0.2) is 18.2 Å². The van der Waals surface area contributed by atoms with Crippen molar-refractivity contribution in [2.24, 2.45) is 0 Å². The molecule has 128 valence electrons. The molecule has 0 aliphatic carbocycles. The van der Waals surface area contributed by atoms with Crippen LogP contribution < -0.4 is 14.8 Å². The van der Waals surface area contributed by atoms with E-state index in [1.54, 1.807) is 4.68 Å². The molecule has 1 aliphatic rings. The minimum absolute atomic E-state index is 0.106. The second kappa shape index (κ2) is 6.51. The van der Waals surface area contributed by atoms with Crippen molar-refractivity contribution in [1.82, 2.24) is 20.1 Å². The standard InChI is InChI=1S/C17H22N4O3/c1-10(2)16-19-17(11(3)18-12(4)22)21(20-16)13-5-6-14-15(9-13)24-8-7-23-14/h5-6,9-11H,7-8H2,1-4H3,(H,18,22)/t11-/m0/s1.